The summed E-state index contributed by atoms with van der Waals surface area (Å²) in [5.74, 6) is 1.47. The SMILES string of the molecule is CCS(=O)(=O)CCn1ccnc1C1CCN(C(=O)c2ccccc2-n2cccc2)CC1. The summed E-state index contributed by atoms with van der Waals surface area (Å²) in [5, 5.41) is 0. The Morgan fingerprint density at radius 2 is 1.77 bits per heavy atom. The van der Waals surface area contributed by atoms with Crippen LogP contribution < -0.4 is 0 Å². The molecule has 0 radical (unpaired) electrons. The minimum absolute atomic E-state index is 0.0418. The van der Waals surface area contributed by atoms with E-state index in [4.69, 9.17) is 0 Å². The maximum Gasteiger partial charge on any atom is 0.255 e. The molecule has 0 aliphatic carbocycles. The van der Waals surface area contributed by atoms with Crippen LogP contribution in [0, 0.1) is 0 Å². The Morgan fingerprint density at radius 3 is 2.48 bits per heavy atom. The predicted octanol–water partition coefficient (Wildman–Crippen LogP) is 3.13. The molecule has 1 aliphatic heterocycles. The number of hydrogen-bond donors (Lipinski definition) is 0. The van der Waals surface area contributed by atoms with E-state index in [0.717, 1.165) is 24.4 Å². The van der Waals surface area contributed by atoms with Crippen molar-refractivity contribution in [2.45, 2.75) is 32.2 Å². The first-order chi connectivity index (χ1) is 15.0. The molecule has 0 spiro atoms. The fourth-order valence-corrected chi connectivity index (χ4v) is 4.90. The fraction of sp³-hybridized carbons (Fsp3) is 0.391. The van der Waals surface area contributed by atoms with Crippen molar-refractivity contribution in [3.05, 3.63) is 72.6 Å². The smallest absolute Gasteiger partial charge is 0.255 e. The van der Waals surface area contributed by atoms with Gasteiger partial charge in [-0.1, -0.05) is 19.1 Å². The molecule has 1 amide bonds. The van der Waals surface area contributed by atoms with Gasteiger partial charge in [-0.3, -0.25) is 4.79 Å². The number of rotatable bonds is 7. The average Bonchev–Trinajstić information content (AvgIpc) is 3.50. The van der Waals surface area contributed by atoms with Crippen LogP contribution in [0.25, 0.3) is 5.69 Å². The van der Waals surface area contributed by atoms with Gasteiger partial charge in [-0.2, -0.15) is 0 Å². The number of carbonyl (C=O) groups excluding carboxylic acids is 1. The molecule has 0 atom stereocenters. The van der Waals surface area contributed by atoms with Gasteiger partial charge in [0.25, 0.3) is 5.91 Å². The number of benzene rings is 1. The maximum absolute atomic E-state index is 13.2. The minimum Gasteiger partial charge on any atom is -0.339 e. The lowest BCUT2D eigenvalue weighted by molar-refractivity contribution is 0.0710. The van der Waals surface area contributed by atoms with Crippen LogP contribution in [0.3, 0.4) is 0 Å². The van der Waals surface area contributed by atoms with Gasteiger partial charge >= 0.3 is 0 Å². The third kappa shape index (κ3) is 4.74. The van der Waals surface area contributed by atoms with Gasteiger partial charge in [0.1, 0.15) is 5.82 Å². The Kier molecular flexibility index (Phi) is 6.27. The van der Waals surface area contributed by atoms with Gasteiger partial charge in [0.2, 0.25) is 0 Å². The van der Waals surface area contributed by atoms with E-state index in [1.165, 1.54) is 0 Å². The van der Waals surface area contributed by atoms with Crippen molar-refractivity contribution in [1.29, 1.82) is 0 Å². The lowest BCUT2D eigenvalue weighted by Crippen LogP contribution is -2.38. The Hall–Kier alpha value is -2.87. The monoisotopic (exact) mass is 440 g/mol. The van der Waals surface area contributed by atoms with Crippen LogP contribution in [0.15, 0.2) is 61.2 Å². The Morgan fingerprint density at radius 1 is 1.06 bits per heavy atom. The van der Waals surface area contributed by atoms with Gasteiger partial charge in [-0.25, -0.2) is 13.4 Å². The van der Waals surface area contributed by atoms with Crippen LogP contribution in [0.1, 0.15) is 41.9 Å². The number of likely N-dealkylation sites (tertiary alicyclic amines) is 1. The highest BCUT2D eigenvalue weighted by Crippen LogP contribution is 2.28. The Labute approximate surface area is 183 Å². The molecular weight excluding hydrogens is 412 g/mol. The van der Waals surface area contributed by atoms with Crippen LogP contribution >= 0.6 is 0 Å². The summed E-state index contributed by atoms with van der Waals surface area (Å²) in [6.45, 7) is 3.41. The second kappa shape index (κ2) is 9.09. The molecule has 164 valence electrons. The zero-order valence-electron chi connectivity index (χ0n) is 17.7. The van der Waals surface area contributed by atoms with Crippen molar-refractivity contribution in [3.63, 3.8) is 0 Å². The fourth-order valence-electron chi connectivity index (χ4n) is 4.14. The van der Waals surface area contributed by atoms with Gasteiger partial charge in [-0.05, 0) is 37.1 Å². The molecule has 0 unspecified atom stereocenters. The highest BCUT2D eigenvalue weighted by Gasteiger charge is 2.28. The van der Waals surface area contributed by atoms with E-state index in [0.29, 0.717) is 25.2 Å². The van der Waals surface area contributed by atoms with Crippen molar-refractivity contribution >= 4 is 15.7 Å². The van der Waals surface area contributed by atoms with Crippen molar-refractivity contribution in [1.82, 2.24) is 19.0 Å². The number of amides is 1. The second-order valence-corrected chi connectivity index (χ2v) is 10.4. The molecule has 1 fully saturated rings. The lowest BCUT2D eigenvalue weighted by Gasteiger charge is -2.32. The van der Waals surface area contributed by atoms with E-state index >= 15 is 0 Å². The first-order valence-electron chi connectivity index (χ1n) is 10.7. The third-order valence-corrected chi connectivity index (χ3v) is 7.68. The summed E-state index contributed by atoms with van der Waals surface area (Å²) in [5.41, 5.74) is 1.58. The van der Waals surface area contributed by atoms with Crippen LogP contribution in [-0.2, 0) is 16.4 Å². The largest absolute Gasteiger partial charge is 0.339 e. The Balaban J connectivity index is 1.43. The first-order valence-corrected chi connectivity index (χ1v) is 12.5. The van der Waals surface area contributed by atoms with Gasteiger partial charge in [0.15, 0.2) is 9.84 Å². The summed E-state index contributed by atoms with van der Waals surface area (Å²) in [7, 11) is -3.02. The number of nitrogens with zero attached hydrogens (tertiary/aromatic N) is 4. The third-order valence-electron chi connectivity index (χ3n) is 6.00. The summed E-state index contributed by atoms with van der Waals surface area (Å²) >= 11 is 0. The molecule has 31 heavy (non-hydrogen) atoms. The number of para-hydroxylation sites is 1. The number of carbonyl (C=O) groups is 1. The highest BCUT2D eigenvalue weighted by atomic mass is 32.2. The topological polar surface area (TPSA) is 77.2 Å². The average molecular weight is 441 g/mol. The zero-order chi connectivity index (χ0) is 21.8. The van der Waals surface area contributed by atoms with Crippen molar-refractivity contribution in [3.8, 4) is 5.69 Å². The number of aromatic nitrogens is 3. The molecule has 3 aromatic rings. The van der Waals surface area contributed by atoms with Crippen LogP contribution in [0.2, 0.25) is 0 Å². The van der Waals surface area contributed by atoms with E-state index < -0.39 is 9.84 Å². The molecule has 0 saturated carbocycles. The quantitative estimate of drug-likeness (QED) is 0.566. The van der Waals surface area contributed by atoms with Crippen LogP contribution in [-0.4, -0.2) is 57.9 Å². The molecule has 7 nitrogen and oxygen atoms in total. The van der Waals surface area contributed by atoms with Crippen molar-refractivity contribution in [2.24, 2.45) is 0 Å². The molecule has 0 bridgehead atoms. The standard InChI is InChI=1S/C23H28N4O3S/c1-2-31(29,30)18-17-26-16-11-24-22(26)19-9-14-27(15-10-19)23(28)20-7-3-4-8-21(20)25-12-5-6-13-25/h3-8,11-13,16,19H,2,9-10,14-15,17-18H2,1H3. The normalized spacial score (nSPS) is 15.3. The van der Waals surface area contributed by atoms with E-state index in [9.17, 15) is 13.2 Å². The summed E-state index contributed by atoms with van der Waals surface area (Å²) in [4.78, 5) is 19.7. The predicted molar refractivity (Wildman–Crippen MR) is 120 cm³/mol. The van der Waals surface area contributed by atoms with Gasteiger partial charge < -0.3 is 14.0 Å². The summed E-state index contributed by atoms with van der Waals surface area (Å²) in [6, 6.07) is 11.6. The molecule has 3 heterocycles. The number of hydrogen-bond acceptors (Lipinski definition) is 4. The molecule has 1 aliphatic rings. The molecule has 0 N–H and O–H groups in total. The minimum atomic E-state index is -3.02. The van der Waals surface area contributed by atoms with Crippen molar-refractivity contribution in [2.75, 3.05) is 24.6 Å². The van der Waals surface area contributed by atoms with E-state index in [1.807, 2.05) is 69.0 Å². The van der Waals surface area contributed by atoms with Gasteiger partial charge in [0.05, 0.1) is 17.0 Å². The van der Waals surface area contributed by atoms with E-state index in [-0.39, 0.29) is 23.3 Å². The Bertz CT molecular complexity index is 1130. The maximum atomic E-state index is 13.2. The molecule has 1 aromatic carbocycles. The van der Waals surface area contributed by atoms with E-state index in [1.54, 1.807) is 13.1 Å². The molecule has 8 heteroatoms. The van der Waals surface area contributed by atoms with Crippen molar-refractivity contribution < 1.29 is 13.2 Å². The molecule has 2 aromatic heterocycles. The number of sulfone groups is 1. The van der Waals surface area contributed by atoms with Crippen LogP contribution in [0.5, 0.6) is 0 Å². The second-order valence-electron chi connectivity index (χ2n) is 7.89. The van der Waals surface area contributed by atoms with Crippen LogP contribution in [0.4, 0.5) is 0 Å². The molecular formula is C23H28N4O3S. The first kappa shape index (κ1) is 21.4. The summed E-state index contributed by atoms with van der Waals surface area (Å²) in [6.07, 6.45) is 9.10. The zero-order valence-corrected chi connectivity index (χ0v) is 18.5. The van der Waals surface area contributed by atoms with Gasteiger partial charge in [-0.15, -0.1) is 0 Å². The molecule has 1 saturated heterocycles. The molecule has 4 rings (SSSR count). The lowest BCUT2D eigenvalue weighted by atomic mass is 9.95. The number of aryl methyl sites for hydroxylation is 1. The number of piperidine rings is 1. The highest BCUT2D eigenvalue weighted by molar-refractivity contribution is 7.91. The van der Waals surface area contributed by atoms with Gasteiger partial charge in [0, 0.05) is 56.1 Å². The summed E-state index contributed by atoms with van der Waals surface area (Å²) < 4.78 is 27.7. The van der Waals surface area contributed by atoms with E-state index in [2.05, 4.69) is 4.98 Å². The number of imidazole rings is 1.